The Labute approximate surface area is 113 Å². The minimum Gasteiger partial charge on any atom is -0.343 e. The number of carbonyl (C=O) groups is 2. The molecule has 3 saturated heterocycles. The molecule has 19 heavy (non-hydrogen) atoms. The van der Waals surface area contributed by atoms with Crippen molar-refractivity contribution in [3.63, 3.8) is 0 Å². The van der Waals surface area contributed by atoms with Crippen molar-refractivity contribution in [1.29, 1.82) is 0 Å². The van der Waals surface area contributed by atoms with Gasteiger partial charge in [-0.05, 0) is 12.8 Å². The normalized spacial score (nSPS) is 29.3. The van der Waals surface area contributed by atoms with Crippen LogP contribution in [0.3, 0.4) is 0 Å². The average molecular weight is 266 g/mol. The van der Waals surface area contributed by atoms with E-state index in [1.165, 1.54) is 0 Å². The van der Waals surface area contributed by atoms with E-state index in [-0.39, 0.29) is 11.9 Å². The van der Waals surface area contributed by atoms with Crippen molar-refractivity contribution in [2.75, 3.05) is 39.3 Å². The van der Waals surface area contributed by atoms with E-state index in [0.717, 1.165) is 52.1 Å². The molecule has 3 amide bonds. The first-order valence-electron chi connectivity index (χ1n) is 7.19. The first-order valence-corrected chi connectivity index (χ1v) is 7.19. The van der Waals surface area contributed by atoms with Gasteiger partial charge in [-0.1, -0.05) is 0 Å². The van der Waals surface area contributed by atoms with E-state index in [4.69, 9.17) is 0 Å². The summed E-state index contributed by atoms with van der Waals surface area (Å²) in [6, 6.07) is 1.01. The summed E-state index contributed by atoms with van der Waals surface area (Å²) in [4.78, 5) is 29.3. The minimum absolute atomic E-state index is 0.0936. The molecule has 0 aliphatic carbocycles. The molecular weight excluding hydrogens is 244 g/mol. The molecular formula is C13H22N4O2. The van der Waals surface area contributed by atoms with Crippen LogP contribution in [0.4, 0.5) is 4.79 Å². The van der Waals surface area contributed by atoms with E-state index < -0.39 is 0 Å². The highest BCUT2D eigenvalue weighted by Crippen LogP contribution is 2.22. The Morgan fingerprint density at radius 2 is 1.89 bits per heavy atom. The summed E-state index contributed by atoms with van der Waals surface area (Å²) in [5, 5.41) is 2.91. The SMILES string of the molecule is CC(=O)N1CCC(N2CCN3C(=O)NC[C@H]3C2)CC1. The second kappa shape index (κ2) is 5.00. The van der Waals surface area contributed by atoms with Gasteiger partial charge < -0.3 is 15.1 Å². The molecule has 0 spiro atoms. The van der Waals surface area contributed by atoms with Crippen molar-refractivity contribution < 1.29 is 9.59 Å². The summed E-state index contributed by atoms with van der Waals surface area (Å²) in [5.41, 5.74) is 0. The smallest absolute Gasteiger partial charge is 0.317 e. The van der Waals surface area contributed by atoms with E-state index in [9.17, 15) is 9.59 Å². The maximum Gasteiger partial charge on any atom is 0.317 e. The maximum absolute atomic E-state index is 11.6. The van der Waals surface area contributed by atoms with Crippen LogP contribution in [0.1, 0.15) is 19.8 Å². The van der Waals surface area contributed by atoms with Gasteiger partial charge in [0.05, 0.1) is 6.04 Å². The van der Waals surface area contributed by atoms with E-state index in [1.54, 1.807) is 6.92 Å². The van der Waals surface area contributed by atoms with Crippen LogP contribution in [-0.4, -0.2) is 78.0 Å². The predicted molar refractivity (Wildman–Crippen MR) is 70.7 cm³/mol. The molecule has 6 nitrogen and oxygen atoms in total. The number of fused-ring (bicyclic) bond motifs is 1. The largest absolute Gasteiger partial charge is 0.343 e. The Morgan fingerprint density at radius 1 is 1.16 bits per heavy atom. The summed E-state index contributed by atoms with van der Waals surface area (Å²) < 4.78 is 0. The lowest BCUT2D eigenvalue weighted by molar-refractivity contribution is -0.130. The highest BCUT2D eigenvalue weighted by Gasteiger charge is 2.38. The summed E-state index contributed by atoms with van der Waals surface area (Å²) in [5.74, 6) is 0.189. The highest BCUT2D eigenvalue weighted by molar-refractivity contribution is 5.77. The molecule has 3 aliphatic rings. The zero-order valence-corrected chi connectivity index (χ0v) is 11.5. The number of nitrogens with one attached hydrogen (secondary N) is 1. The Bertz CT molecular complexity index is 379. The molecule has 0 aromatic carbocycles. The maximum atomic E-state index is 11.6. The molecule has 106 valence electrons. The third kappa shape index (κ3) is 2.41. The number of hydrogen-bond donors (Lipinski definition) is 1. The van der Waals surface area contributed by atoms with Crippen molar-refractivity contribution >= 4 is 11.9 Å². The van der Waals surface area contributed by atoms with E-state index in [2.05, 4.69) is 10.2 Å². The molecule has 3 rings (SSSR count). The lowest BCUT2D eigenvalue weighted by Crippen LogP contribution is -2.57. The summed E-state index contributed by atoms with van der Waals surface area (Å²) in [6.45, 7) is 6.96. The zero-order chi connectivity index (χ0) is 13.4. The summed E-state index contributed by atoms with van der Waals surface area (Å²) in [7, 11) is 0. The second-order valence-electron chi connectivity index (χ2n) is 5.77. The van der Waals surface area contributed by atoms with Crippen molar-refractivity contribution in [1.82, 2.24) is 20.0 Å². The third-order valence-corrected chi connectivity index (χ3v) is 4.69. The van der Waals surface area contributed by atoms with E-state index >= 15 is 0 Å². The van der Waals surface area contributed by atoms with Crippen LogP contribution in [0.15, 0.2) is 0 Å². The predicted octanol–water partition coefficient (Wildman–Crippen LogP) is -0.293. The molecule has 3 aliphatic heterocycles. The standard InChI is InChI=1S/C13H22N4O2/c1-10(18)15-4-2-11(3-5-15)16-6-7-17-12(9-16)8-14-13(17)19/h11-12H,2-9H2,1H3,(H,14,19)/t12-/m0/s1. The fourth-order valence-electron chi connectivity index (χ4n) is 3.51. The molecule has 0 aromatic heterocycles. The fraction of sp³-hybridized carbons (Fsp3) is 0.846. The van der Waals surface area contributed by atoms with Gasteiger partial charge >= 0.3 is 6.03 Å². The van der Waals surface area contributed by atoms with Crippen LogP contribution >= 0.6 is 0 Å². The molecule has 1 N–H and O–H groups in total. The van der Waals surface area contributed by atoms with Gasteiger partial charge in [-0.25, -0.2) is 4.79 Å². The number of urea groups is 1. The number of carbonyl (C=O) groups excluding carboxylic acids is 2. The number of piperazine rings is 1. The van der Waals surface area contributed by atoms with Crippen molar-refractivity contribution in [3.8, 4) is 0 Å². The number of hydrogen-bond acceptors (Lipinski definition) is 3. The molecule has 3 heterocycles. The molecule has 0 saturated carbocycles. The molecule has 3 fully saturated rings. The first kappa shape index (κ1) is 12.7. The second-order valence-corrected chi connectivity index (χ2v) is 5.77. The zero-order valence-electron chi connectivity index (χ0n) is 11.5. The van der Waals surface area contributed by atoms with Gasteiger partial charge in [0.2, 0.25) is 5.91 Å². The fourth-order valence-corrected chi connectivity index (χ4v) is 3.51. The average Bonchev–Trinajstić information content (AvgIpc) is 2.80. The van der Waals surface area contributed by atoms with Crippen molar-refractivity contribution in [2.24, 2.45) is 0 Å². The van der Waals surface area contributed by atoms with E-state index in [0.29, 0.717) is 12.1 Å². The Hall–Kier alpha value is -1.30. The van der Waals surface area contributed by atoms with Crippen molar-refractivity contribution in [3.05, 3.63) is 0 Å². The Balaban J connectivity index is 1.54. The third-order valence-electron chi connectivity index (χ3n) is 4.69. The van der Waals surface area contributed by atoms with Gasteiger partial charge in [-0.15, -0.1) is 0 Å². The van der Waals surface area contributed by atoms with Gasteiger partial charge in [-0.2, -0.15) is 0 Å². The minimum atomic E-state index is 0.0936. The van der Waals surface area contributed by atoms with E-state index in [1.807, 2.05) is 9.80 Å². The molecule has 0 bridgehead atoms. The van der Waals surface area contributed by atoms with Crippen LogP contribution in [-0.2, 0) is 4.79 Å². The van der Waals surface area contributed by atoms with Crippen LogP contribution in [0.2, 0.25) is 0 Å². The molecule has 0 radical (unpaired) electrons. The van der Waals surface area contributed by atoms with Gasteiger partial charge in [0.1, 0.15) is 0 Å². The van der Waals surface area contributed by atoms with Crippen molar-refractivity contribution in [2.45, 2.75) is 31.8 Å². The summed E-state index contributed by atoms with van der Waals surface area (Å²) >= 11 is 0. The number of piperidine rings is 1. The Kier molecular flexibility index (Phi) is 3.35. The van der Waals surface area contributed by atoms with Crippen LogP contribution < -0.4 is 5.32 Å². The van der Waals surface area contributed by atoms with Gasteiger partial charge in [0.15, 0.2) is 0 Å². The van der Waals surface area contributed by atoms with Gasteiger partial charge in [0.25, 0.3) is 0 Å². The van der Waals surface area contributed by atoms with Gasteiger partial charge in [-0.3, -0.25) is 9.69 Å². The topological polar surface area (TPSA) is 55.9 Å². The lowest BCUT2D eigenvalue weighted by atomic mass is 10.0. The van der Waals surface area contributed by atoms with Crippen LogP contribution in [0.25, 0.3) is 0 Å². The molecule has 0 aromatic rings. The number of likely N-dealkylation sites (tertiary alicyclic amines) is 1. The monoisotopic (exact) mass is 266 g/mol. The first-order chi connectivity index (χ1) is 9.15. The van der Waals surface area contributed by atoms with Gasteiger partial charge in [0, 0.05) is 52.2 Å². The number of rotatable bonds is 1. The Morgan fingerprint density at radius 3 is 2.58 bits per heavy atom. The summed E-state index contributed by atoms with van der Waals surface area (Å²) in [6.07, 6.45) is 2.13. The molecule has 6 heteroatoms. The van der Waals surface area contributed by atoms with Crippen LogP contribution in [0.5, 0.6) is 0 Å². The lowest BCUT2D eigenvalue weighted by Gasteiger charge is -2.43. The quantitative estimate of drug-likeness (QED) is 0.709. The molecule has 0 unspecified atom stereocenters. The molecule has 1 atom stereocenters. The highest BCUT2D eigenvalue weighted by atomic mass is 16.2. The number of nitrogens with zero attached hydrogens (tertiary/aromatic N) is 3. The van der Waals surface area contributed by atoms with Crippen LogP contribution in [0, 0.1) is 0 Å². The number of amides is 3.